The molecule has 1 aromatic carbocycles. The van der Waals surface area contributed by atoms with E-state index in [9.17, 15) is 4.79 Å². The summed E-state index contributed by atoms with van der Waals surface area (Å²) in [5.74, 6) is 0.354. The first-order valence-corrected chi connectivity index (χ1v) is 8.82. The maximum absolute atomic E-state index is 12.1. The molecule has 6 heteroatoms. The summed E-state index contributed by atoms with van der Waals surface area (Å²) in [6.07, 6.45) is 0. The van der Waals surface area contributed by atoms with Crippen molar-refractivity contribution < 1.29 is 4.79 Å². The van der Waals surface area contributed by atoms with Gasteiger partial charge in [-0.15, -0.1) is 0 Å². The lowest BCUT2D eigenvalue weighted by Crippen LogP contribution is -2.46. The largest absolute Gasteiger partial charge is 0.355 e. The van der Waals surface area contributed by atoms with Crippen LogP contribution in [0.5, 0.6) is 0 Å². The molecule has 1 fully saturated rings. The van der Waals surface area contributed by atoms with Crippen molar-refractivity contribution in [3.63, 3.8) is 0 Å². The minimum Gasteiger partial charge on any atom is -0.355 e. The molecule has 0 radical (unpaired) electrons. The molecule has 1 amide bonds. The molecule has 0 aliphatic carbocycles. The summed E-state index contributed by atoms with van der Waals surface area (Å²) in [7, 11) is 2.12. The molecule has 4 nitrogen and oxygen atoms in total. The molecular weight excluding hydrogens is 314 g/mol. The van der Waals surface area contributed by atoms with E-state index in [2.05, 4.69) is 28.2 Å². The van der Waals surface area contributed by atoms with E-state index >= 15 is 0 Å². The number of thioether (sulfide) groups is 1. The Kier molecular flexibility index (Phi) is 6.23. The van der Waals surface area contributed by atoms with Crippen molar-refractivity contribution in [1.29, 1.82) is 0 Å². The van der Waals surface area contributed by atoms with Crippen molar-refractivity contribution in [1.82, 2.24) is 9.80 Å². The molecule has 0 aromatic heterocycles. The fourth-order valence-corrected chi connectivity index (χ4v) is 3.40. The van der Waals surface area contributed by atoms with E-state index < -0.39 is 0 Å². The van der Waals surface area contributed by atoms with Gasteiger partial charge in [0.2, 0.25) is 5.91 Å². The molecule has 0 unspecified atom stereocenters. The van der Waals surface area contributed by atoms with Gasteiger partial charge >= 0.3 is 0 Å². The molecule has 1 aliphatic heterocycles. The van der Waals surface area contributed by atoms with Crippen LogP contribution in [0.25, 0.3) is 0 Å². The molecule has 0 spiro atoms. The second-order valence-electron chi connectivity index (χ2n) is 5.71. The summed E-state index contributed by atoms with van der Waals surface area (Å²) in [4.78, 5) is 16.5. The van der Waals surface area contributed by atoms with E-state index in [4.69, 9.17) is 12.2 Å². The smallest absolute Gasteiger partial charge is 0.234 e. The zero-order valence-corrected chi connectivity index (χ0v) is 15.0. The van der Waals surface area contributed by atoms with Crippen molar-refractivity contribution in [2.45, 2.75) is 13.8 Å². The Bertz CT molecular complexity index is 554. The van der Waals surface area contributed by atoms with Gasteiger partial charge in [-0.1, -0.05) is 41.7 Å². The van der Waals surface area contributed by atoms with Crippen LogP contribution < -0.4 is 5.32 Å². The monoisotopic (exact) mass is 337 g/mol. The Morgan fingerprint density at radius 1 is 1.27 bits per heavy atom. The number of likely N-dealkylation sites (N-methyl/N-ethyl adjacent to an activating group) is 1. The number of nitrogens with one attached hydrogen (secondary N) is 1. The summed E-state index contributed by atoms with van der Waals surface area (Å²) < 4.78 is 0.823. The van der Waals surface area contributed by atoms with E-state index in [1.165, 1.54) is 17.3 Å². The zero-order chi connectivity index (χ0) is 16.1. The van der Waals surface area contributed by atoms with Gasteiger partial charge in [0.15, 0.2) is 0 Å². The van der Waals surface area contributed by atoms with Gasteiger partial charge in [-0.2, -0.15) is 0 Å². The highest BCUT2D eigenvalue weighted by molar-refractivity contribution is 8.23. The van der Waals surface area contributed by atoms with Crippen LogP contribution in [0.1, 0.15) is 11.1 Å². The van der Waals surface area contributed by atoms with Gasteiger partial charge in [0.1, 0.15) is 4.32 Å². The lowest BCUT2D eigenvalue weighted by Gasteiger charge is -2.33. The summed E-state index contributed by atoms with van der Waals surface area (Å²) in [5.41, 5.74) is 3.16. The number of carbonyl (C=O) groups is 1. The molecule has 0 saturated carbocycles. The second kappa shape index (κ2) is 7.94. The lowest BCUT2D eigenvalue weighted by molar-refractivity contribution is -0.113. The highest BCUT2D eigenvalue weighted by atomic mass is 32.2. The van der Waals surface area contributed by atoms with Gasteiger partial charge < -0.3 is 15.1 Å². The summed E-state index contributed by atoms with van der Waals surface area (Å²) in [5, 5.41) is 2.96. The summed E-state index contributed by atoms with van der Waals surface area (Å²) in [6.45, 7) is 7.99. The molecule has 22 heavy (non-hydrogen) atoms. The van der Waals surface area contributed by atoms with Crippen LogP contribution >= 0.6 is 24.0 Å². The van der Waals surface area contributed by atoms with Gasteiger partial charge in [0.05, 0.1) is 5.75 Å². The molecule has 120 valence electrons. The predicted molar refractivity (Wildman–Crippen MR) is 98.7 cm³/mol. The van der Waals surface area contributed by atoms with Crippen LogP contribution in [0.15, 0.2) is 18.2 Å². The third-order valence-electron chi connectivity index (χ3n) is 3.74. The first-order valence-electron chi connectivity index (χ1n) is 7.43. The number of thiocarbonyl (C=S) groups is 1. The zero-order valence-electron chi connectivity index (χ0n) is 13.4. The normalized spacial score (nSPS) is 15.7. The number of rotatable bonds is 3. The average molecular weight is 338 g/mol. The molecule has 0 atom stereocenters. The molecule has 2 rings (SSSR count). The fraction of sp³-hybridized carbons (Fsp3) is 0.500. The van der Waals surface area contributed by atoms with E-state index in [1.807, 2.05) is 26.0 Å². The molecule has 1 heterocycles. The predicted octanol–water partition coefficient (Wildman–Crippen LogP) is 2.51. The van der Waals surface area contributed by atoms with Crippen LogP contribution in [0, 0.1) is 13.8 Å². The van der Waals surface area contributed by atoms with Gasteiger partial charge in [0, 0.05) is 31.9 Å². The van der Waals surface area contributed by atoms with Gasteiger partial charge in [-0.05, 0) is 32.5 Å². The Hall–Kier alpha value is -1.11. The van der Waals surface area contributed by atoms with Crippen LogP contribution in [0.3, 0.4) is 0 Å². The van der Waals surface area contributed by atoms with Crippen LogP contribution in [0.4, 0.5) is 5.69 Å². The standard InChI is InChI=1S/C16H23N3OS2/c1-12-4-5-14(13(2)10-12)17-15(20)11-22-16(21)19-8-6-18(3)7-9-19/h4-5,10H,6-9,11H2,1-3H3,(H,17,20). The minimum atomic E-state index is -0.00608. The lowest BCUT2D eigenvalue weighted by atomic mass is 10.1. The minimum absolute atomic E-state index is 0.00608. The number of hydrogen-bond acceptors (Lipinski definition) is 4. The highest BCUT2D eigenvalue weighted by Gasteiger charge is 2.17. The van der Waals surface area contributed by atoms with Crippen LogP contribution in [-0.2, 0) is 4.79 Å². The molecular formula is C16H23N3OS2. The number of benzene rings is 1. The Morgan fingerprint density at radius 3 is 2.59 bits per heavy atom. The number of amides is 1. The van der Waals surface area contributed by atoms with E-state index in [1.54, 1.807) is 0 Å². The number of anilines is 1. The van der Waals surface area contributed by atoms with Gasteiger partial charge in [0.25, 0.3) is 0 Å². The third-order valence-corrected chi connectivity index (χ3v) is 5.27. The molecule has 1 aliphatic rings. The van der Waals surface area contributed by atoms with E-state index in [-0.39, 0.29) is 5.91 Å². The summed E-state index contributed by atoms with van der Waals surface area (Å²) in [6, 6.07) is 6.02. The number of hydrogen-bond donors (Lipinski definition) is 1. The van der Waals surface area contributed by atoms with Crippen molar-refractivity contribution in [3.8, 4) is 0 Å². The van der Waals surface area contributed by atoms with Gasteiger partial charge in [-0.3, -0.25) is 4.79 Å². The van der Waals surface area contributed by atoms with Gasteiger partial charge in [-0.25, -0.2) is 0 Å². The van der Waals surface area contributed by atoms with E-state index in [0.29, 0.717) is 5.75 Å². The Balaban J connectivity index is 1.79. The molecule has 1 aromatic rings. The van der Waals surface area contributed by atoms with Crippen molar-refractivity contribution >= 4 is 39.9 Å². The maximum atomic E-state index is 12.1. The van der Waals surface area contributed by atoms with Crippen molar-refractivity contribution in [2.24, 2.45) is 0 Å². The third kappa shape index (κ3) is 4.97. The van der Waals surface area contributed by atoms with E-state index in [0.717, 1.165) is 41.8 Å². The topological polar surface area (TPSA) is 35.6 Å². The van der Waals surface area contributed by atoms with Crippen molar-refractivity contribution in [3.05, 3.63) is 29.3 Å². The summed E-state index contributed by atoms with van der Waals surface area (Å²) >= 11 is 6.88. The molecule has 0 bridgehead atoms. The second-order valence-corrected chi connectivity index (χ2v) is 7.32. The maximum Gasteiger partial charge on any atom is 0.234 e. The highest BCUT2D eigenvalue weighted by Crippen LogP contribution is 2.17. The number of nitrogens with zero attached hydrogens (tertiary/aromatic N) is 2. The number of piperazine rings is 1. The first kappa shape index (κ1) is 17.2. The SMILES string of the molecule is Cc1ccc(NC(=O)CSC(=S)N2CCN(C)CC2)c(C)c1. The Labute approximate surface area is 142 Å². The number of aryl methyl sites for hydroxylation is 2. The van der Waals surface area contributed by atoms with Crippen LogP contribution in [-0.4, -0.2) is 59.0 Å². The molecule has 1 N–H and O–H groups in total. The van der Waals surface area contributed by atoms with Crippen molar-refractivity contribution in [2.75, 3.05) is 44.3 Å². The first-order chi connectivity index (χ1) is 10.5. The average Bonchev–Trinajstić information content (AvgIpc) is 2.48. The quantitative estimate of drug-likeness (QED) is 0.858. The molecule has 1 saturated heterocycles. The van der Waals surface area contributed by atoms with Crippen LogP contribution in [0.2, 0.25) is 0 Å². The fourth-order valence-electron chi connectivity index (χ4n) is 2.35. The number of carbonyl (C=O) groups excluding carboxylic acids is 1. The Morgan fingerprint density at radius 2 is 1.95 bits per heavy atom.